The van der Waals surface area contributed by atoms with Crippen LogP contribution in [0.15, 0.2) is 42.5 Å². The lowest BCUT2D eigenvalue weighted by atomic mass is 10.1. The molecule has 0 saturated heterocycles. The van der Waals surface area contributed by atoms with E-state index in [0.717, 1.165) is 0 Å². The van der Waals surface area contributed by atoms with E-state index in [1.165, 1.54) is 0 Å². The third-order valence-corrected chi connectivity index (χ3v) is 3.49. The van der Waals surface area contributed by atoms with Gasteiger partial charge in [-0.05, 0) is 42.0 Å². The molecule has 98 valence electrons. The average Bonchev–Trinajstić information content (AvgIpc) is 2.37. The van der Waals surface area contributed by atoms with E-state index < -0.39 is 0 Å². The number of hydrogen-bond acceptors (Lipinski definition) is 1. The van der Waals surface area contributed by atoms with Crippen molar-refractivity contribution in [3.63, 3.8) is 0 Å². The molecule has 0 aromatic heterocycles. The number of benzene rings is 2. The summed E-state index contributed by atoms with van der Waals surface area (Å²) in [4.78, 5) is 11.9. The highest BCUT2D eigenvalue weighted by Crippen LogP contribution is 2.25. The van der Waals surface area contributed by atoms with Crippen molar-refractivity contribution in [2.24, 2.45) is 0 Å². The molecule has 0 atom stereocenters. The zero-order valence-corrected chi connectivity index (χ0v) is 12.1. The van der Waals surface area contributed by atoms with E-state index in [0.29, 0.717) is 26.3 Å². The van der Waals surface area contributed by atoms with E-state index >= 15 is 0 Å². The van der Waals surface area contributed by atoms with Crippen molar-refractivity contribution in [3.8, 4) is 0 Å². The lowest BCUT2D eigenvalue weighted by Gasteiger charge is -2.08. The first kappa shape index (κ1) is 14.2. The minimum absolute atomic E-state index is 0.126. The normalized spacial score (nSPS) is 10.3. The first-order chi connectivity index (χ1) is 9.06. The fourth-order valence-corrected chi connectivity index (χ4v) is 2.26. The fraction of sp³-hybridized carbons (Fsp3) is 0.0714. The topological polar surface area (TPSA) is 29.1 Å². The van der Waals surface area contributed by atoms with Crippen molar-refractivity contribution in [3.05, 3.63) is 63.1 Å². The number of hydrogen-bond donors (Lipinski definition) is 1. The first-order valence-electron chi connectivity index (χ1n) is 5.54. The molecule has 0 aliphatic heterocycles. The Morgan fingerprint density at radius 1 is 0.947 bits per heavy atom. The Bertz CT molecular complexity index is 576. The Balaban J connectivity index is 2.07. The monoisotopic (exact) mass is 313 g/mol. The van der Waals surface area contributed by atoms with Gasteiger partial charge in [0.15, 0.2) is 0 Å². The summed E-state index contributed by atoms with van der Waals surface area (Å²) in [6.45, 7) is 0. The molecule has 1 N–H and O–H groups in total. The van der Waals surface area contributed by atoms with Crippen LogP contribution in [0.1, 0.15) is 5.56 Å². The van der Waals surface area contributed by atoms with E-state index in [2.05, 4.69) is 5.32 Å². The Kier molecular flexibility index (Phi) is 4.70. The maximum Gasteiger partial charge on any atom is 0.228 e. The van der Waals surface area contributed by atoms with Crippen LogP contribution in [0.5, 0.6) is 0 Å². The molecule has 5 heteroatoms. The smallest absolute Gasteiger partial charge is 0.228 e. The Labute approximate surface area is 126 Å². The van der Waals surface area contributed by atoms with Crippen LogP contribution >= 0.6 is 34.8 Å². The summed E-state index contributed by atoms with van der Waals surface area (Å²) in [5, 5.41) is 4.34. The molecule has 0 fully saturated rings. The number of halogens is 3. The third-order valence-electron chi connectivity index (χ3n) is 2.53. The third kappa shape index (κ3) is 3.87. The molecule has 0 heterocycles. The number of anilines is 1. The van der Waals surface area contributed by atoms with Gasteiger partial charge < -0.3 is 5.32 Å². The maximum atomic E-state index is 11.9. The number of amides is 1. The van der Waals surface area contributed by atoms with Gasteiger partial charge >= 0.3 is 0 Å². The summed E-state index contributed by atoms with van der Waals surface area (Å²) in [7, 11) is 0. The SMILES string of the molecule is O=C(Cc1c(Cl)cccc1Cl)Nc1ccc(Cl)cc1. The van der Waals surface area contributed by atoms with Gasteiger partial charge in [0.05, 0.1) is 6.42 Å². The predicted octanol–water partition coefficient (Wildman–Crippen LogP) is 4.83. The quantitative estimate of drug-likeness (QED) is 0.864. The summed E-state index contributed by atoms with van der Waals surface area (Å²) < 4.78 is 0. The van der Waals surface area contributed by atoms with Gasteiger partial charge in [0.25, 0.3) is 0 Å². The number of rotatable bonds is 3. The van der Waals surface area contributed by atoms with Crippen molar-refractivity contribution in [2.75, 3.05) is 5.32 Å². The molecule has 2 aromatic rings. The van der Waals surface area contributed by atoms with Crippen molar-refractivity contribution >= 4 is 46.4 Å². The molecular weight excluding hydrogens is 305 g/mol. The second kappa shape index (κ2) is 6.29. The molecule has 0 radical (unpaired) electrons. The summed E-state index contributed by atoms with van der Waals surface area (Å²) in [5.74, 6) is -0.183. The summed E-state index contributed by atoms with van der Waals surface area (Å²) in [6.07, 6.45) is 0.126. The highest BCUT2D eigenvalue weighted by atomic mass is 35.5. The van der Waals surface area contributed by atoms with E-state index in [4.69, 9.17) is 34.8 Å². The molecule has 0 saturated carbocycles. The van der Waals surface area contributed by atoms with Crippen LogP contribution < -0.4 is 5.32 Å². The van der Waals surface area contributed by atoms with Gasteiger partial charge in [-0.2, -0.15) is 0 Å². The van der Waals surface area contributed by atoms with E-state index in [-0.39, 0.29) is 12.3 Å². The van der Waals surface area contributed by atoms with E-state index in [1.54, 1.807) is 42.5 Å². The van der Waals surface area contributed by atoms with Gasteiger partial charge in [0, 0.05) is 20.8 Å². The summed E-state index contributed by atoms with van der Waals surface area (Å²) in [5.41, 5.74) is 1.30. The van der Waals surface area contributed by atoms with Gasteiger partial charge in [-0.3, -0.25) is 4.79 Å². The minimum Gasteiger partial charge on any atom is -0.326 e. The average molecular weight is 315 g/mol. The van der Waals surface area contributed by atoms with Gasteiger partial charge in [-0.1, -0.05) is 40.9 Å². The number of nitrogens with one attached hydrogen (secondary N) is 1. The van der Waals surface area contributed by atoms with E-state index in [9.17, 15) is 4.79 Å². The Morgan fingerprint density at radius 2 is 1.53 bits per heavy atom. The maximum absolute atomic E-state index is 11.9. The largest absolute Gasteiger partial charge is 0.326 e. The molecule has 0 unspecified atom stereocenters. The lowest BCUT2D eigenvalue weighted by Crippen LogP contribution is -2.14. The molecule has 0 bridgehead atoms. The van der Waals surface area contributed by atoms with Crippen molar-refractivity contribution < 1.29 is 4.79 Å². The predicted molar refractivity (Wildman–Crippen MR) is 80.2 cm³/mol. The summed E-state index contributed by atoms with van der Waals surface area (Å²) in [6, 6.07) is 12.0. The van der Waals surface area contributed by atoms with Crippen molar-refractivity contribution in [1.82, 2.24) is 0 Å². The van der Waals surface area contributed by atoms with Crippen LogP contribution in [0.3, 0.4) is 0 Å². The molecule has 19 heavy (non-hydrogen) atoms. The lowest BCUT2D eigenvalue weighted by molar-refractivity contribution is -0.115. The zero-order valence-electron chi connectivity index (χ0n) is 9.79. The highest BCUT2D eigenvalue weighted by molar-refractivity contribution is 6.36. The molecule has 1 amide bonds. The highest BCUT2D eigenvalue weighted by Gasteiger charge is 2.10. The van der Waals surface area contributed by atoms with Crippen LogP contribution in [-0.2, 0) is 11.2 Å². The molecule has 0 aliphatic rings. The van der Waals surface area contributed by atoms with Gasteiger partial charge in [0.2, 0.25) is 5.91 Å². The van der Waals surface area contributed by atoms with Crippen LogP contribution in [0, 0.1) is 0 Å². The van der Waals surface area contributed by atoms with Gasteiger partial charge in [-0.25, -0.2) is 0 Å². The second-order valence-corrected chi connectivity index (χ2v) is 5.18. The molecule has 0 spiro atoms. The van der Waals surface area contributed by atoms with Crippen molar-refractivity contribution in [1.29, 1.82) is 0 Å². The fourth-order valence-electron chi connectivity index (χ4n) is 1.60. The van der Waals surface area contributed by atoms with Crippen LogP contribution in [-0.4, -0.2) is 5.91 Å². The molecular formula is C14H10Cl3NO. The molecule has 0 aliphatic carbocycles. The second-order valence-electron chi connectivity index (χ2n) is 3.93. The number of carbonyl (C=O) groups excluding carboxylic acids is 1. The molecule has 2 rings (SSSR count). The standard InChI is InChI=1S/C14H10Cl3NO/c15-9-4-6-10(7-5-9)18-14(19)8-11-12(16)2-1-3-13(11)17/h1-7H,8H2,(H,18,19). The van der Waals surface area contributed by atoms with Crippen LogP contribution in [0.4, 0.5) is 5.69 Å². The minimum atomic E-state index is -0.183. The molecule has 2 nitrogen and oxygen atoms in total. The van der Waals surface area contributed by atoms with Crippen molar-refractivity contribution in [2.45, 2.75) is 6.42 Å². The van der Waals surface area contributed by atoms with Gasteiger partial charge in [-0.15, -0.1) is 0 Å². The van der Waals surface area contributed by atoms with Crippen LogP contribution in [0.2, 0.25) is 15.1 Å². The Morgan fingerprint density at radius 3 is 2.11 bits per heavy atom. The zero-order chi connectivity index (χ0) is 13.8. The van der Waals surface area contributed by atoms with Crippen LogP contribution in [0.25, 0.3) is 0 Å². The first-order valence-corrected chi connectivity index (χ1v) is 6.68. The summed E-state index contributed by atoms with van der Waals surface area (Å²) >= 11 is 17.8. The Hall–Kier alpha value is -1.22. The molecule has 2 aromatic carbocycles. The van der Waals surface area contributed by atoms with E-state index in [1.807, 2.05) is 0 Å². The number of carbonyl (C=O) groups is 1. The van der Waals surface area contributed by atoms with Gasteiger partial charge in [0.1, 0.15) is 0 Å².